The van der Waals surface area contributed by atoms with Gasteiger partial charge >= 0.3 is 5.97 Å². The molecule has 1 heterocycles. The summed E-state index contributed by atoms with van der Waals surface area (Å²) in [5.74, 6) is -0.281. The predicted octanol–water partition coefficient (Wildman–Crippen LogP) is 6.12. The summed E-state index contributed by atoms with van der Waals surface area (Å²) in [6.07, 6.45) is 2.49. The fourth-order valence-corrected chi connectivity index (χ4v) is 5.21. The molecule has 29 heavy (non-hydrogen) atoms. The number of nitrogens with zero attached hydrogens (tertiary/aromatic N) is 1. The van der Waals surface area contributed by atoms with Crippen molar-refractivity contribution in [3.63, 3.8) is 0 Å². The molecule has 0 unspecified atom stereocenters. The van der Waals surface area contributed by atoms with Crippen molar-refractivity contribution in [1.82, 2.24) is 0 Å². The second-order valence-electron chi connectivity index (χ2n) is 7.94. The van der Waals surface area contributed by atoms with Crippen molar-refractivity contribution < 1.29 is 9.53 Å². The molecule has 1 aliphatic rings. The van der Waals surface area contributed by atoms with Gasteiger partial charge in [0.15, 0.2) is 0 Å². The van der Waals surface area contributed by atoms with E-state index in [4.69, 9.17) is 4.74 Å². The number of carbonyl (C=O) groups is 1. The predicted molar refractivity (Wildman–Crippen MR) is 120 cm³/mol. The number of methoxy groups -OCH3 is 1. The third-order valence-corrected chi connectivity index (χ3v) is 6.44. The lowest BCUT2D eigenvalue weighted by molar-refractivity contribution is 0.0603. The fourth-order valence-electron chi connectivity index (χ4n) is 5.21. The highest BCUT2D eigenvalue weighted by Crippen LogP contribution is 2.47. The van der Waals surface area contributed by atoms with Crippen LogP contribution in [0.25, 0.3) is 43.1 Å². The van der Waals surface area contributed by atoms with E-state index < -0.39 is 0 Å². The van der Waals surface area contributed by atoms with E-state index in [9.17, 15) is 4.79 Å². The van der Waals surface area contributed by atoms with Gasteiger partial charge < -0.3 is 9.64 Å². The molecule has 5 aromatic rings. The third kappa shape index (κ3) is 2.21. The Morgan fingerprint density at radius 2 is 1.48 bits per heavy atom. The van der Waals surface area contributed by atoms with E-state index in [1.807, 2.05) is 18.2 Å². The van der Waals surface area contributed by atoms with Gasteiger partial charge in [-0.15, -0.1) is 0 Å². The van der Waals surface area contributed by atoms with Crippen molar-refractivity contribution in [3.05, 3.63) is 66.2 Å². The highest BCUT2D eigenvalue weighted by atomic mass is 16.5. The van der Waals surface area contributed by atoms with E-state index in [0.29, 0.717) is 5.56 Å². The zero-order chi connectivity index (χ0) is 19.5. The van der Waals surface area contributed by atoms with Gasteiger partial charge in [-0.3, -0.25) is 0 Å². The molecular formula is C26H21NO2. The van der Waals surface area contributed by atoms with Crippen LogP contribution in [0.2, 0.25) is 0 Å². The normalized spacial score (nSPS) is 14.6. The number of fused-ring (bicyclic) bond motifs is 2. The van der Waals surface area contributed by atoms with Gasteiger partial charge in [-0.25, -0.2) is 4.79 Å². The summed E-state index contributed by atoms with van der Waals surface area (Å²) in [6.45, 7) is 2.21. The number of anilines is 1. The van der Waals surface area contributed by atoms with Gasteiger partial charge in [-0.1, -0.05) is 48.5 Å². The first-order valence-electron chi connectivity index (χ1n) is 10.2. The summed E-state index contributed by atoms with van der Waals surface area (Å²) in [4.78, 5) is 15.1. The zero-order valence-corrected chi connectivity index (χ0v) is 16.4. The first kappa shape index (κ1) is 16.6. The van der Waals surface area contributed by atoms with Gasteiger partial charge in [-0.2, -0.15) is 0 Å². The minimum atomic E-state index is -0.281. The van der Waals surface area contributed by atoms with Gasteiger partial charge in [-0.05, 0) is 62.7 Å². The highest BCUT2D eigenvalue weighted by Gasteiger charge is 2.24. The van der Waals surface area contributed by atoms with Crippen LogP contribution in [0.4, 0.5) is 5.69 Å². The Hall–Kier alpha value is -3.33. The van der Waals surface area contributed by atoms with Crippen molar-refractivity contribution in [2.45, 2.75) is 12.8 Å². The van der Waals surface area contributed by atoms with Crippen LogP contribution in [0.3, 0.4) is 0 Å². The minimum absolute atomic E-state index is 0.281. The van der Waals surface area contributed by atoms with Crippen molar-refractivity contribution in [2.75, 3.05) is 25.1 Å². The quantitative estimate of drug-likeness (QED) is 0.346. The van der Waals surface area contributed by atoms with Crippen LogP contribution in [0.1, 0.15) is 23.2 Å². The lowest BCUT2D eigenvalue weighted by Crippen LogP contribution is -2.16. The number of carbonyl (C=O) groups excluding carboxylic acids is 1. The molecule has 0 atom stereocenters. The number of benzene rings is 1. The Morgan fingerprint density at radius 3 is 2.24 bits per heavy atom. The molecule has 3 heteroatoms. The molecule has 0 aromatic heterocycles. The largest absolute Gasteiger partial charge is 0.465 e. The lowest BCUT2D eigenvalue weighted by Gasteiger charge is -2.17. The smallest absolute Gasteiger partial charge is 0.338 e. The van der Waals surface area contributed by atoms with Crippen molar-refractivity contribution in [1.29, 1.82) is 0 Å². The van der Waals surface area contributed by atoms with E-state index in [-0.39, 0.29) is 5.97 Å². The summed E-state index contributed by atoms with van der Waals surface area (Å²) in [5.41, 5.74) is 1.96. The summed E-state index contributed by atoms with van der Waals surface area (Å²) < 4.78 is 5.10. The van der Waals surface area contributed by atoms with Crippen LogP contribution in [0.5, 0.6) is 0 Å². The Balaban J connectivity index is 1.91. The van der Waals surface area contributed by atoms with Crippen molar-refractivity contribution in [2.24, 2.45) is 0 Å². The Kier molecular flexibility index (Phi) is 3.48. The number of hydrogen-bond acceptors (Lipinski definition) is 3. The van der Waals surface area contributed by atoms with Crippen LogP contribution in [-0.4, -0.2) is 26.2 Å². The third-order valence-electron chi connectivity index (χ3n) is 6.44. The van der Waals surface area contributed by atoms with E-state index in [2.05, 4.69) is 47.4 Å². The average molecular weight is 379 g/mol. The van der Waals surface area contributed by atoms with Crippen LogP contribution in [-0.2, 0) is 4.74 Å². The minimum Gasteiger partial charge on any atom is -0.465 e. The zero-order valence-electron chi connectivity index (χ0n) is 16.4. The van der Waals surface area contributed by atoms with Crippen LogP contribution < -0.4 is 4.90 Å². The number of ether oxygens (including phenoxy) is 1. The summed E-state index contributed by atoms with van der Waals surface area (Å²) in [7, 11) is 1.45. The van der Waals surface area contributed by atoms with Gasteiger partial charge in [0.05, 0.1) is 12.7 Å². The van der Waals surface area contributed by atoms with Crippen molar-refractivity contribution in [3.8, 4) is 0 Å². The molecule has 0 bridgehead atoms. The number of rotatable bonds is 2. The Morgan fingerprint density at radius 1 is 0.793 bits per heavy atom. The van der Waals surface area contributed by atoms with Gasteiger partial charge in [0, 0.05) is 24.2 Å². The standard InChI is InChI=1S/C26H21NO2/c1-29-26(28)21-15-20-17-9-3-2-8-16-14-22(27-12-6-7-13-27)25(23(16)17)19-11-5-4-10-18(21)24(19)20/h2-5,8-11,14-15H,6-7,12-13H2,1H3. The van der Waals surface area contributed by atoms with Crippen LogP contribution >= 0.6 is 0 Å². The maximum atomic E-state index is 12.6. The lowest BCUT2D eigenvalue weighted by atomic mass is 9.99. The van der Waals surface area contributed by atoms with E-state index in [0.717, 1.165) is 29.2 Å². The Labute approximate surface area is 168 Å². The molecule has 0 amide bonds. The van der Waals surface area contributed by atoms with E-state index in [1.165, 1.54) is 52.6 Å². The SMILES string of the molecule is COC(=O)c1cc2c3ccccc4cc(N5CCCC5)c(c5ccccc1c25)c43. The van der Waals surface area contributed by atoms with Gasteiger partial charge in [0.2, 0.25) is 0 Å². The average Bonchev–Trinajstić information content (AvgIpc) is 3.40. The fraction of sp³-hybridized carbons (Fsp3) is 0.192. The highest BCUT2D eigenvalue weighted by molar-refractivity contribution is 6.38. The summed E-state index contributed by atoms with van der Waals surface area (Å²) >= 11 is 0. The Bertz CT molecular complexity index is 1410. The molecule has 142 valence electrons. The van der Waals surface area contributed by atoms with Crippen molar-refractivity contribution >= 4 is 54.7 Å². The summed E-state index contributed by atoms with van der Waals surface area (Å²) in [5, 5.41) is 9.51. The first-order valence-corrected chi connectivity index (χ1v) is 10.2. The molecule has 1 saturated heterocycles. The molecule has 1 aliphatic heterocycles. The molecule has 6 rings (SSSR count). The molecule has 0 N–H and O–H groups in total. The molecular weight excluding hydrogens is 358 g/mol. The molecule has 1 fully saturated rings. The van der Waals surface area contributed by atoms with E-state index in [1.54, 1.807) is 0 Å². The van der Waals surface area contributed by atoms with E-state index >= 15 is 0 Å². The second kappa shape index (κ2) is 6.08. The molecule has 0 radical (unpaired) electrons. The second-order valence-corrected chi connectivity index (χ2v) is 7.94. The van der Waals surface area contributed by atoms with Crippen LogP contribution in [0.15, 0.2) is 60.7 Å². The molecule has 3 nitrogen and oxygen atoms in total. The monoisotopic (exact) mass is 379 g/mol. The molecule has 5 aromatic carbocycles. The maximum Gasteiger partial charge on any atom is 0.338 e. The van der Waals surface area contributed by atoms with Gasteiger partial charge in [0.25, 0.3) is 0 Å². The van der Waals surface area contributed by atoms with Crippen LogP contribution in [0, 0.1) is 0 Å². The topological polar surface area (TPSA) is 29.5 Å². The molecule has 0 spiro atoms. The van der Waals surface area contributed by atoms with Gasteiger partial charge in [0.1, 0.15) is 0 Å². The molecule has 0 saturated carbocycles. The number of esters is 1. The first-order chi connectivity index (χ1) is 14.3. The number of hydrogen-bond donors (Lipinski definition) is 0. The summed E-state index contributed by atoms with van der Waals surface area (Å²) in [6, 6.07) is 21.3. The maximum absolute atomic E-state index is 12.6. The molecule has 0 aliphatic carbocycles.